The van der Waals surface area contributed by atoms with E-state index in [2.05, 4.69) is 6.07 Å². The molecule has 0 atom stereocenters. The quantitative estimate of drug-likeness (QED) is 0.796. The molecule has 0 aliphatic carbocycles. The van der Waals surface area contributed by atoms with Crippen LogP contribution in [0.25, 0.3) is 0 Å². The minimum absolute atomic E-state index is 0.612. The SMILES string of the molecule is Cc1cc(N)cc(Oc2ccc(C#N)cc2)c1. The van der Waals surface area contributed by atoms with Gasteiger partial charge in [0.1, 0.15) is 11.5 Å². The van der Waals surface area contributed by atoms with E-state index in [1.54, 1.807) is 30.3 Å². The summed E-state index contributed by atoms with van der Waals surface area (Å²) in [6, 6.07) is 14.6. The second kappa shape index (κ2) is 4.58. The fourth-order valence-electron chi connectivity index (χ4n) is 1.57. The minimum atomic E-state index is 0.612. The van der Waals surface area contributed by atoms with Crippen LogP contribution < -0.4 is 10.5 Å². The summed E-state index contributed by atoms with van der Waals surface area (Å²) in [5.74, 6) is 1.39. The lowest BCUT2D eigenvalue weighted by Crippen LogP contribution is -1.89. The van der Waals surface area contributed by atoms with Crippen molar-refractivity contribution in [3.05, 3.63) is 53.6 Å². The predicted octanol–water partition coefficient (Wildman–Crippen LogP) is 3.24. The van der Waals surface area contributed by atoms with E-state index in [1.165, 1.54) is 0 Å². The summed E-state index contributed by atoms with van der Waals surface area (Å²) in [4.78, 5) is 0. The summed E-state index contributed by atoms with van der Waals surface area (Å²) in [6.45, 7) is 1.96. The van der Waals surface area contributed by atoms with Crippen LogP contribution in [0.5, 0.6) is 11.5 Å². The molecule has 0 aromatic heterocycles. The van der Waals surface area contributed by atoms with Crippen LogP contribution in [-0.2, 0) is 0 Å². The number of benzene rings is 2. The number of nitrogen functional groups attached to an aromatic ring is 1. The molecule has 0 amide bonds. The Morgan fingerprint density at radius 1 is 1.06 bits per heavy atom. The van der Waals surface area contributed by atoms with E-state index in [9.17, 15) is 0 Å². The number of hydrogen-bond donors (Lipinski definition) is 1. The third kappa shape index (κ3) is 2.76. The second-order valence-electron chi connectivity index (χ2n) is 3.82. The molecule has 0 heterocycles. The van der Waals surface area contributed by atoms with E-state index in [0.717, 1.165) is 5.56 Å². The normalized spacial score (nSPS) is 9.65. The van der Waals surface area contributed by atoms with E-state index in [-0.39, 0.29) is 0 Å². The maximum absolute atomic E-state index is 8.68. The summed E-state index contributed by atoms with van der Waals surface area (Å²) in [7, 11) is 0. The van der Waals surface area contributed by atoms with Gasteiger partial charge in [0.25, 0.3) is 0 Å². The van der Waals surface area contributed by atoms with Crippen LogP contribution in [0, 0.1) is 18.3 Å². The van der Waals surface area contributed by atoms with Crippen molar-refractivity contribution in [1.82, 2.24) is 0 Å². The summed E-state index contributed by atoms with van der Waals surface area (Å²) in [6.07, 6.45) is 0. The number of rotatable bonds is 2. The van der Waals surface area contributed by atoms with E-state index < -0.39 is 0 Å². The monoisotopic (exact) mass is 224 g/mol. The number of nitriles is 1. The zero-order valence-electron chi connectivity index (χ0n) is 9.47. The number of anilines is 1. The number of aryl methyl sites for hydroxylation is 1. The van der Waals surface area contributed by atoms with Crippen molar-refractivity contribution in [3.63, 3.8) is 0 Å². The molecule has 3 nitrogen and oxygen atoms in total. The average molecular weight is 224 g/mol. The van der Waals surface area contributed by atoms with Crippen LogP contribution >= 0.6 is 0 Å². The maximum Gasteiger partial charge on any atom is 0.129 e. The Hall–Kier alpha value is -2.47. The average Bonchev–Trinajstić information content (AvgIpc) is 2.28. The van der Waals surface area contributed by atoms with Gasteiger partial charge in [0.05, 0.1) is 11.6 Å². The standard InChI is InChI=1S/C14H12N2O/c1-10-6-12(16)8-14(7-10)17-13-4-2-11(9-15)3-5-13/h2-8H,16H2,1H3. The lowest BCUT2D eigenvalue weighted by atomic mass is 10.2. The molecule has 2 aromatic rings. The number of hydrogen-bond acceptors (Lipinski definition) is 3. The van der Waals surface area contributed by atoms with Crippen molar-refractivity contribution in [2.75, 3.05) is 5.73 Å². The molecule has 3 heteroatoms. The third-order valence-electron chi connectivity index (χ3n) is 2.29. The fraction of sp³-hybridized carbons (Fsp3) is 0.0714. The van der Waals surface area contributed by atoms with Gasteiger partial charge in [-0.15, -0.1) is 0 Å². The molecule has 2 aromatic carbocycles. The van der Waals surface area contributed by atoms with Crippen molar-refractivity contribution in [2.45, 2.75) is 6.92 Å². The molecule has 0 unspecified atom stereocenters. The lowest BCUT2D eigenvalue weighted by Gasteiger charge is -2.07. The number of nitrogens with two attached hydrogens (primary N) is 1. The predicted molar refractivity (Wildman–Crippen MR) is 66.8 cm³/mol. The molecule has 17 heavy (non-hydrogen) atoms. The lowest BCUT2D eigenvalue weighted by molar-refractivity contribution is 0.482. The zero-order chi connectivity index (χ0) is 12.3. The Morgan fingerprint density at radius 2 is 1.76 bits per heavy atom. The van der Waals surface area contributed by atoms with Gasteiger partial charge in [-0.25, -0.2) is 0 Å². The van der Waals surface area contributed by atoms with Crippen LogP contribution in [-0.4, -0.2) is 0 Å². The highest BCUT2D eigenvalue weighted by Crippen LogP contribution is 2.24. The minimum Gasteiger partial charge on any atom is -0.457 e. The van der Waals surface area contributed by atoms with E-state index in [0.29, 0.717) is 22.7 Å². The van der Waals surface area contributed by atoms with Gasteiger partial charge in [-0.3, -0.25) is 0 Å². The molecule has 2 rings (SSSR count). The molecule has 2 N–H and O–H groups in total. The molecule has 0 saturated heterocycles. The molecule has 0 spiro atoms. The Morgan fingerprint density at radius 3 is 2.35 bits per heavy atom. The van der Waals surface area contributed by atoms with Gasteiger partial charge in [-0.2, -0.15) is 5.26 Å². The number of ether oxygens (including phenoxy) is 1. The van der Waals surface area contributed by atoms with Crippen LogP contribution in [0.1, 0.15) is 11.1 Å². The van der Waals surface area contributed by atoms with E-state index >= 15 is 0 Å². The molecule has 0 radical (unpaired) electrons. The molecule has 0 aliphatic rings. The number of nitrogens with zero attached hydrogens (tertiary/aromatic N) is 1. The smallest absolute Gasteiger partial charge is 0.129 e. The first-order valence-corrected chi connectivity index (χ1v) is 5.22. The summed E-state index contributed by atoms with van der Waals surface area (Å²) >= 11 is 0. The highest BCUT2D eigenvalue weighted by molar-refractivity contribution is 5.48. The Balaban J connectivity index is 2.22. The van der Waals surface area contributed by atoms with Crippen molar-refractivity contribution in [1.29, 1.82) is 5.26 Å². The van der Waals surface area contributed by atoms with Crippen molar-refractivity contribution >= 4 is 5.69 Å². The summed E-state index contributed by atoms with van der Waals surface area (Å²) in [5.41, 5.74) is 8.07. The van der Waals surface area contributed by atoms with Gasteiger partial charge < -0.3 is 10.5 Å². The molecule has 0 saturated carbocycles. The van der Waals surface area contributed by atoms with Crippen LogP contribution in [0.3, 0.4) is 0 Å². The largest absolute Gasteiger partial charge is 0.457 e. The van der Waals surface area contributed by atoms with Gasteiger partial charge in [0.15, 0.2) is 0 Å². The van der Waals surface area contributed by atoms with Crippen LogP contribution in [0.4, 0.5) is 5.69 Å². The fourth-order valence-corrected chi connectivity index (χ4v) is 1.57. The third-order valence-corrected chi connectivity index (χ3v) is 2.29. The molecule has 84 valence electrons. The highest BCUT2D eigenvalue weighted by atomic mass is 16.5. The van der Waals surface area contributed by atoms with E-state index in [1.807, 2.05) is 19.1 Å². The van der Waals surface area contributed by atoms with Gasteiger partial charge in [-0.05, 0) is 48.9 Å². The van der Waals surface area contributed by atoms with Crippen molar-refractivity contribution in [2.24, 2.45) is 0 Å². The van der Waals surface area contributed by atoms with Gasteiger partial charge in [0, 0.05) is 11.8 Å². The summed E-state index contributed by atoms with van der Waals surface area (Å²) < 4.78 is 5.65. The first-order valence-electron chi connectivity index (χ1n) is 5.22. The summed E-state index contributed by atoms with van der Waals surface area (Å²) in [5, 5.41) is 8.68. The van der Waals surface area contributed by atoms with Gasteiger partial charge in [0.2, 0.25) is 0 Å². The maximum atomic E-state index is 8.68. The molecule has 0 aliphatic heterocycles. The Kier molecular flexibility index (Phi) is 2.97. The molecule has 0 fully saturated rings. The highest BCUT2D eigenvalue weighted by Gasteiger charge is 2.00. The Bertz CT molecular complexity index is 548. The van der Waals surface area contributed by atoms with Gasteiger partial charge in [-0.1, -0.05) is 0 Å². The molecular formula is C14H12N2O. The molecular weight excluding hydrogens is 212 g/mol. The van der Waals surface area contributed by atoms with Crippen molar-refractivity contribution in [3.8, 4) is 17.6 Å². The molecule has 0 bridgehead atoms. The second-order valence-corrected chi connectivity index (χ2v) is 3.82. The van der Waals surface area contributed by atoms with Gasteiger partial charge >= 0.3 is 0 Å². The van der Waals surface area contributed by atoms with Crippen LogP contribution in [0.15, 0.2) is 42.5 Å². The van der Waals surface area contributed by atoms with E-state index in [4.69, 9.17) is 15.7 Å². The zero-order valence-corrected chi connectivity index (χ0v) is 9.47. The first kappa shape index (κ1) is 11.0. The first-order chi connectivity index (χ1) is 8.17. The Labute approximate surface area is 100 Å². The van der Waals surface area contributed by atoms with Crippen molar-refractivity contribution < 1.29 is 4.74 Å². The van der Waals surface area contributed by atoms with Crippen LogP contribution in [0.2, 0.25) is 0 Å². The topological polar surface area (TPSA) is 59.0 Å².